The van der Waals surface area contributed by atoms with Gasteiger partial charge in [-0.1, -0.05) is 109 Å². The highest BCUT2D eigenvalue weighted by atomic mass is 16.2. The Kier molecular flexibility index (Phi) is 6.65. The van der Waals surface area contributed by atoms with Crippen LogP contribution in [0.1, 0.15) is 43.0 Å². The lowest BCUT2D eigenvalue weighted by Crippen LogP contribution is -2.28. The van der Waals surface area contributed by atoms with E-state index in [1.54, 1.807) is 24.3 Å². The van der Waals surface area contributed by atoms with Crippen LogP contribution in [-0.2, 0) is 5.41 Å². The topological polar surface area (TPSA) is 58.2 Å². The lowest BCUT2D eigenvalue weighted by Gasteiger charge is -2.34. The Morgan fingerprint density at radius 3 is 1.14 bits per heavy atom. The normalized spacial score (nSPS) is 12.6. The summed E-state index contributed by atoms with van der Waals surface area (Å²) in [5.41, 5.74) is 9.04. The number of nitrogens with one attached hydrogen (secondary N) is 2. The molecule has 0 radical (unpaired) electrons. The van der Waals surface area contributed by atoms with E-state index in [0.717, 1.165) is 22.5 Å². The first-order chi connectivity index (χ1) is 21.1. The Morgan fingerprint density at radius 1 is 0.395 bits per heavy atom. The second-order valence-corrected chi connectivity index (χ2v) is 10.6. The number of carbonyl (C=O) groups excluding carboxylic acids is 2. The van der Waals surface area contributed by atoms with Gasteiger partial charge in [-0.2, -0.15) is 0 Å². The summed E-state index contributed by atoms with van der Waals surface area (Å²) in [6.45, 7) is 0. The lowest BCUT2D eigenvalue weighted by atomic mass is 9.67. The fourth-order valence-corrected chi connectivity index (χ4v) is 6.22. The average Bonchev–Trinajstić information content (AvgIpc) is 3.37. The third kappa shape index (κ3) is 4.59. The molecule has 0 aliphatic heterocycles. The van der Waals surface area contributed by atoms with Gasteiger partial charge in [-0.25, -0.2) is 0 Å². The molecule has 2 N–H and O–H groups in total. The van der Waals surface area contributed by atoms with Gasteiger partial charge in [0.2, 0.25) is 0 Å². The number of benzene rings is 6. The van der Waals surface area contributed by atoms with Gasteiger partial charge in [0.25, 0.3) is 11.8 Å². The fourth-order valence-electron chi connectivity index (χ4n) is 6.22. The maximum atomic E-state index is 12.8. The summed E-state index contributed by atoms with van der Waals surface area (Å²) in [4.78, 5) is 25.6. The summed E-state index contributed by atoms with van der Waals surface area (Å²) < 4.78 is 0. The van der Waals surface area contributed by atoms with Gasteiger partial charge in [0.05, 0.1) is 5.41 Å². The van der Waals surface area contributed by atoms with Crippen LogP contribution in [0.3, 0.4) is 0 Å². The van der Waals surface area contributed by atoms with Gasteiger partial charge in [-0.15, -0.1) is 0 Å². The third-order valence-electron chi connectivity index (χ3n) is 8.18. The molecule has 43 heavy (non-hydrogen) atoms. The van der Waals surface area contributed by atoms with Gasteiger partial charge in [0.1, 0.15) is 0 Å². The molecular weight excluding hydrogens is 528 g/mol. The van der Waals surface area contributed by atoms with Crippen LogP contribution in [0.25, 0.3) is 11.1 Å². The first-order valence-electron chi connectivity index (χ1n) is 14.3. The molecule has 0 unspecified atom stereocenters. The Balaban J connectivity index is 1.30. The summed E-state index contributed by atoms with van der Waals surface area (Å²) in [6, 6.07) is 51.8. The predicted octanol–water partition coefficient (Wildman–Crippen LogP) is 8.55. The van der Waals surface area contributed by atoms with Crippen molar-refractivity contribution in [2.24, 2.45) is 0 Å². The zero-order chi connectivity index (χ0) is 29.2. The van der Waals surface area contributed by atoms with Crippen molar-refractivity contribution < 1.29 is 9.59 Å². The number of rotatable bonds is 6. The number of fused-ring (bicyclic) bond motifs is 3. The van der Waals surface area contributed by atoms with Crippen LogP contribution < -0.4 is 10.6 Å². The summed E-state index contributed by atoms with van der Waals surface area (Å²) in [7, 11) is 0. The minimum absolute atomic E-state index is 0.146. The number of hydrogen-bond donors (Lipinski definition) is 2. The van der Waals surface area contributed by atoms with Crippen molar-refractivity contribution in [2.45, 2.75) is 5.41 Å². The summed E-state index contributed by atoms with van der Waals surface area (Å²) in [5.74, 6) is -0.291. The molecule has 0 fully saturated rings. The van der Waals surface area contributed by atoms with Crippen LogP contribution in [0.5, 0.6) is 0 Å². The van der Waals surface area contributed by atoms with Gasteiger partial charge in [0.15, 0.2) is 0 Å². The minimum atomic E-state index is -0.586. The van der Waals surface area contributed by atoms with E-state index in [1.807, 2.05) is 60.7 Å². The monoisotopic (exact) mass is 556 g/mol. The van der Waals surface area contributed by atoms with Crippen molar-refractivity contribution in [3.05, 3.63) is 191 Å². The zero-order valence-corrected chi connectivity index (χ0v) is 23.3. The summed E-state index contributed by atoms with van der Waals surface area (Å²) in [5, 5.41) is 6.05. The largest absolute Gasteiger partial charge is 0.322 e. The van der Waals surface area contributed by atoms with E-state index in [2.05, 4.69) is 83.4 Å². The van der Waals surface area contributed by atoms with Crippen LogP contribution in [0.4, 0.5) is 11.4 Å². The van der Waals surface area contributed by atoms with Crippen LogP contribution in [0.2, 0.25) is 0 Å². The molecule has 4 nitrogen and oxygen atoms in total. The molecular formula is C39H28N2O2. The smallest absolute Gasteiger partial charge is 0.255 e. The van der Waals surface area contributed by atoms with E-state index < -0.39 is 5.41 Å². The van der Waals surface area contributed by atoms with E-state index in [9.17, 15) is 9.59 Å². The molecule has 6 aromatic carbocycles. The van der Waals surface area contributed by atoms with E-state index in [4.69, 9.17) is 0 Å². The van der Waals surface area contributed by atoms with Crippen LogP contribution >= 0.6 is 0 Å². The number of carbonyl (C=O) groups is 2. The van der Waals surface area contributed by atoms with E-state index >= 15 is 0 Å². The molecule has 6 aromatic rings. The van der Waals surface area contributed by atoms with Gasteiger partial charge in [-0.3, -0.25) is 9.59 Å². The first-order valence-corrected chi connectivity index (χ1v) is 14.3. The van der Waals surface area contributed by atoms with Crippen molar-refractivity contribution in [3.8, 4) is 11.1 Å². The molecule has 4 heteroatoms. The van der Waals surface area contributed by atoms with Gasteiger partial charge >= 0.3 is 0 Å². The molecule has 2 amide bonds. The highest BCUT2D eigenvalue weighted by Crippen LogP contribution is 2.56. The Labute approximate surface area is 250 Å². The SMILES string of the molecule is O=C(Nc1ccc(C2(c3ccc(NC(=O)c4ccccc4)cc3)c3ccccc3-c3ccccc32)cc1)c1ccccc1. The van der Waals surface area contributed by atoms with E-state index in [-0.39, 0.29) is 11.8 Å². The van der Waals surface area contributed by atoms with Gasteiger partial charge in [0, 0.05) is 22.5 Å². The van der Waals surface area contributed by atoms with E-state index in [0.29, 0.717) is 11.1 Å². The zero-order valence-electron chi connectivity index (χ0n) is 23.3. The van der Waals surface area contributed by atoms with Gasteiger partial charge in [-0.05, 0) is 81.9 Å². The second kappa shape index (κ2) is 10.9. The van der Waals surface area contributed by atoms with Crippen molar-refractivity contribution >= 4 is 23.2 Å². The standard InChI is InChI=1S/C39H28N2O2/c42-37(27-11-3-1-4-12-27)40-31-23-19-29(20-24-31)39(35-17-9-7-15-33(35)34-16-8-10-18-36(34)39)30-21-25-32(26-22-30)41-38(43)28-13-5-2-6-14-28/h1-26H,(H,40,42)(H,41,43). The Hall–Kier alpha value is -5.74. The molecule has 0 aromatic heterocycles. The van der Waals surface area contributed by atoms with Crippen molar-refractivity contribution in [3.63, 3.8) is 0 Å². The Bertz CT molecular complexity index is 1790. The molecule has 7 rings (SSSR count). The fraction of sp³-hybridized carbons (Fsp3) is 0.0256. The lowest BCUT2D eigenvalue weighted by molar-refractivity contribution is 0.101. The van der Waals surface area contributed by atoms with E-state index in [1.165, 1.54) is 22.3 Å². The average molecular weight is 557 g/mol. The van der Waals surface area contributed by atoms with Crippen LogP contribution in [0, 0.1) is 0 Å². The first kappa shape index (κ1) is 26.2. The molecule has 206 valence electrons. The third-order valence-corrected chi connectivity index (χ3v) is 8.18. The Morgan fingerprint density at radius 2 is 0.744 bits per heavy atom. The van der Waals surface area contributed by atoms with Crippen molar-refractivity contribution in [1.29, 1.82) is 0 Å². The highest BCUT2D eigenvalue weighted by molar-refractivity contribution is 6.05. The maximum Gasteiger partial charge on any atom is 0.255 e. The molecule has 1 aliphatic rings. The molecule has 0 atom stereocenters. The predicted molar refractivity (Wildman–Crippen MR) is 173 cm³/mol. The maximum absolute atomic E-state index is 12.8. The van der Waals surface area contributed by atoms with Crippen LogP contribution in [0.15, 0.2) is 158 Å². The molecule has 0 saturated carbocycles. The van der Waals surface area contributed by atoms with Gasteiger partial charge < -0.3 is 10.6 Å². The molecule has 0 heterocycles. The quantitative estimate of drug-likeness (QED) is 0.216. The second-order valence-electron chi connectivity index (χ2n) is 10.6. The number of amides is 2. The molecule has 0 bridgehead atoms. The summed E-state index contributed by atoms with van der Waals surface area (Å²) in [6.07, 6.45) is 0. The van der Waals surface area contributed by atoms with Crippen molar-refractivity contribution in [2.75, 3.05) is 10.6 Å². The molecule has 1 aliphatic carbocycles. The van der Waals surface area contributed by atoms with Crippen LogP contribution in [-0.4, -0.2) is 11.8 Å². The number of anilines is 2. The summed E-state index contributed by atoms with van der Waals surface area (Å²) >= 11 is 0. The number of hydrogen-bond acceptors (Lipinski definition) is 2. The molecule has 0 spiro atoms. The highest BCUT2D eigenvalue weighted by Gasteiger charge is 2.45. The molecule has 0 saturated heterocycles. The van der Waals surface area contributed by atoms with Crippen molar-refractivity contribution in [1.82, 2.24) is 0 Å². The minimum Gasteiger partial charge on any atom is -0.322 e.